The second kappa shape index (κ2) is 6.84. The molecule has 0 atom stereocenters. The van der Waals surface area contributed by atoms with E-state index in [0.29, 0.717) is 32.1 Å². The van der Waals surface area contributed by atoms with Crippen molar-refractivity contribution in [1.29, 1.82) is 0 Å². The number of carbonyl (C=O) groups is 1. The molecule has 0 spiro atoms. The predicted octanol–water partition coefficient (Wildman–Crippen LogP) is 1.63. The molecule has 1 saturated heterocycles. The first-order valence-corrected chi connectivity index (χ1v) is 9.64. The molecule has 0 radical (unpaired) electrons. The molecule has 1 aliphatic carbocycles. The van der Waals surface area contributed by atoms with E-state index >= 15 is 0 Å². The maximum Gasteiger partial charge on any atom is 0.246 e. The number of hydrogen-bond donors (Lipinski definition) is 0. The van der Waals surface area contributed by atoms with Gasteiger partial charge >= 0.3 is 0 Å². The van der Waals surface area contributed by atoms with Crippen LogP contribution in [-0.2, 0) is 20.6 Å². The summed E-state index contributed by atoms with van der Waals surface area (Å²) in [5.74, 6) is 0.590. The second-order valence-electron chi connectivity index (χ2n) is 6.16. The lowest BCUT2D eigenvalue weighted by Crippen LogP contribution is -2.50. The van der Waals surface area contributed by atoms with Crippen LogP contribution in [-0.4, -0.2) is 49.7 Å². The molecule has 6 heteroatoms. The smallest absolute Gasteiger partial charge is 0.246 e. The molecule has 1 amide bonds. The first-order chi connectivity index (χ1) is 11.0. The fourth-order valence-electron chi connectivity index (χ4n) is 2.68. The largest absolute Gasteiger partial charge is 0.337 e. The molecular formula is C17H22N2O3S. The van der Waals surface area contributed by atoms with Crippen LogP contribution < -0.4 is 0 Å². The van der Waals surface area contributed by atoms with E-state index in [-0.39, 0.29) is 11.7 Å². The highest BCUT2D eigenvalue weighted by atomic mass is 32.2. The number of piperazine rings is 1. The van der Waals surface area contributed by atoms with Gasteiger partial charge in [0.1, 0.15) is 0 Å². The van der Waals surface area contributed by atoms with Gasteiger partial charge in [-0.3, -0.25) is 4.79 Å². The van der Waals surface area contributed by atoms with Crippen molar-refractivity contribution in [3.8, 4) is 0 Å². The molecule has 1 saturated carbocycles. The van der Waals surface area contributed by atoms with E-state index in [1.807, 2.05) is 36.4 Å². The molecule has 1 heterocycles. The Kier molecular flexibility index (Phi) is 4.82. The molecule has 0 aromatic heterocycles. The zero-order valence-electron chi connectivity index (χ0n) is 13.1. The van der Waals surface area contributed by atoms with Crippen LogP contribution in [0.3, 0.4) is 0 Å². The first-order valence-electron chi connectivity index (χ1n) is 8.03. The van der Waals surface area contributed by atoms with E-state index < -0.39 is 10.0 Å². The van der Waals surface area contributed by atoms with Crippen molar-refractivity contribution in [2.45, 2.75) is 18.6 Å². The minimum atomic E-state index is -3.32. The first kappa shape index (κ1) is 16.2. The summed E-state index contributed by atoms with van der Waals surface area (Å²) in [4.78, 5) is 13.8. The van der Waals surface area contributed by atoms with Crippen LogP contribution >= 0.6 is 0 Å². The van der Waals surface area contributed by atoms with Crippen molar-refractivity contribution in [2.24, 2.45) is 5.92 Å². The van der Waals surface area contributed by atoms with E-state index in [1.165, 1.54) is 17.1 Å². The Balaban J connectivity index is 1.54. The molecule has 2 fully saturated rings. The third-order valence-corrected chi connectivity index (χ3v) is 6.12. The number of hydrogen-bond acceptors (Lipinski definition) is 3. The summed E-state index contributed by atoms with van der Waals surface area (Å²) in [5, 5.41) is 0. The van der Waals surface area contributed by atoms with E-state index in [0.717, 1.165) is 5.56 Å². The van der Waals surface area contributed by atoms with Crippen molar-refractivity contribution in [1.82, 2.24) is 9.21 Å². The Morgan fingerprint density at radius 1 is 1.09 bits per heavy atom. The number of benzene rings is 1. The summed E-state index contributed by atoms with van der Waals surface area (Å²) < 4.78 is 26.4. The summed E-state index contributed by atoms with van der Waals surface area (Å²) in [6, 6.07) is 9.19. The Bertz CT molecular complexity index is 673. The molecule has 5 nitrogen and oxygen atoms in total. The molecule has 0 N–H and O–H groups in total. The van der Waals surface area contributed by atoms with Crippen LogP contribution in [0.2, 0.25) is 0 Å². The van der Waals surface area contributed by atoms with Gasteiger partial charge in [0.15, 0.2) is 0 Å². The minimum Gasteiger partial charge on any atom is -0.337 e. The summed E-state index contributed by atoms with van der Waals surface area (Å²) in [6.45, 7) is 1.67. The molecule has 23 heavy (non-hydrogen) atoms. The van der Waals surface area contributed by atoms with E-state index in [1.54, 1.807) is 11.0 Å². The highest BCUT2D eigenvalue weighted by Crippen LogP contribution is 2.30. The Morgan fingerprint density at radius 2 is 1.74 bits per heavy atom. The standard InChI is InChI=1S/C17H22N2O3S/c20-17(9-8-15-6-7-15)18-10-12-19(13-11-18)23(21,22)14-16-4-2-1-3-5-16/h1-5,8-9,15H,6-7,10-14H2. The van der Waals surface area contributed by atoms with Crippen molar-refractivity contribution < 1.29 is 13.2 Å². The van der Waals surface area contributed by atoms with Gasteiger partial charge in [-0.15, -0.1) is 0 Å². The van der Waals surface area contributed by atoms with Crippen LogP contribution in [0.5, 0.6) is 0 Å². The lowest BCUT2D eigenvalue weighted by Gasteiger charge is -2.33. The quantitative estimate of drug-likeness (QED) is 0.769. The van der Waals surface area contributed by atoms with Crippen LogP contribution in [0, 0.1) is 5.92 Å². The van der Waals surface area contributed by atoms with Gasteiger partial charge in [-0.2, -0.15) is 4.31 Å². The van der Waals surface area contributed by atoms with E-state index in [4.69, 9.17) is 0 Å². The molecule has 124 valence electrons. The summed E-state index contributed by atoms with van der Waals surface area (Å²) >= 11 is 0. The summed E-state index contributed by atoms with van der Waals surface area (Å²) in [5.41, 5.74) is 0.790. The van der Waals surface area contributed by atoms with Crippen molar-refractivity contribution >= 4 is 15.9 Å². The van der Waals surface area contributed by atoms with Crippen molar-refractivity contribution in [3.63, 3.8) is 0 Å². The Labute approximate surface area is 137 Å². The number of sulfonamides is 1. The Hall–Kier alpha value is -1.66. The third-order valence-electron chi connectivity index (χ3n) is 4.27. The number of rotatable bonds is 5. The predicted molar refractivity (Wildman–Crippen MR) is 89.1 cm³/mol. The molecule has 1 aromatic carbocycles. The molecule has 3 rings (SSSR count). The van der Waals surface area contributed by atoms with Gasteiger partial charge in [-0.05, 0) is 30.4 Å². The fourth-order valence-corrected chi connectivity index (χ4v) is 4.19. The number of nitrogens with zero attached hydrogens (tertiary/aromatic N) is 2. The number of allylic oxidation sites excluding steroid dienone is 1. The third kappa shape index (κ3) is 4.42. The summed E-state index contributed by atoms with van der Waals surface area (Å²) in [7, 11) is -3.32. The molecule has 0 bridgehead atoms. The summed E-state index contributed by atoms with van der Waals surface area (Å²) in [6.07, 6.45) is 5.97. The van der Waals surface area contributed by atoms with E-state index in [9.17, 15) is 13.2 Å². The van der Waals surface area contributed by atoms with Crippen LogP contribution in [0.25, 0.3) is 0 Å². The van der Waals surface area contributed by atoms with Gasteiger partial charge in [-0.25, -0.2) is 8.42 Å². The SMILES string of the molecule is O=C(C=CC1CC1)N1CCN(S(=O)(=O)Cc2ccccc2)CC1. The van der Waals surface area contributed by atoms with Gasteiger partial charge in [0.25, 0.3) is 0 Å². The zero-order chi connectivity index (χ0) is 16.3. The molecule has 1 aromatic rings. The van der Waals surface area contributed by atoms with Gasteiger partial charge in [-0.1, -0.05) is 36.4 Å². The fraction of sp³-hybridized carbons (Fsp3) is 0.471. The topological polar surface area (TPSA) is 57.7 Å². The van der Waals surface area contributed by atoms with Gasteiger partial charge < -0.3 is 4.90 Å². The van der Waals surface area contributed by atoms with Gasteiger partial charge in [0, 0.05) is 26.2 Å². The highest BCUT2D eigenvalue weighted by molar-refractivity contribution is 7.88. The van der Waals surface area contributed by atoms with E-state index in [2.05, 4.69) is 0 Å². The maximum absolute atomic E-state index is 12.5. The minimum absolute atomic E-state index is 0.00277. The zero-order valence-corrected chi connectivity index (χ0v) is 13.9. The average Bonchev–Trinajstić information content (AvgIpc) is 3.38. The Morgan fingerprint density at radius 3 is 2.35 bits per heavy atom. The lowest BCUT2D eigenvalue weighted by atomic mass is 10.2. The lowest BCUT2D eigenvalue weighted by molar-refractivity contribution is -0.127. The van der Waals surface area contributed by atoms with Crippen LogP contribution in [0.4, 0.5) is 0 Å². The van der Waals surface area contributed by atoms with Gasteiger partial charge in [0.2, 0.25) is 15.9 Å². The van der Waals surface area contributed by atoms with Crippen LogP contribution in [0.15, 0.2) is 42.5 Å². The maximum atomic E-state index is 12.5. The van der Waals surface area contributed by atoms with Crippen molar-refractivity contribution in [2.75, 3.05) is 26.2 Å². The molecule has 1 aliphatic heterocycles. The molecular weight excluding hydrogens is 312 g/mol. The van der Waals surface area contributed by atoms with Crippen molar-refractivity contribution in [3.05, 3.63) is 48.0 Å². The molecule has 2 aliphatic rings. The highest BCUT2D eigenvalue weighted by Gasteiger charge is 2.28. The van der Waals surface area contributed by atoms with Gasteiger partial charge in [0.05, 0.1) is 5.75 Å². The monoisotopic (exact) mass is 334 g/mol. The number of amides is 1. The number of carbonyl (C=O) groups excluding carboxylic acids is 1. The average molecular weight is 334 g/mol. The second-order valence-corrected chi connectivity index (χ2v) is 8.13. The molecule has 0 unspecified atom stereocenters. The normalized spacial score (nSPS) is 20.1. The van der Waals surface area contributed by atoms with Crippen LogP contribution in [0.1, 0.15) is 18.4 Å².